The van der Waals surface area contributed by atoms with Gasteiger partial charge in [-0.1, -0.05) is 24.8 Å². The molecule has 1 aromatic rings. The normalized spacial score (nSPS) is 9.18. The van der Waals surface area contributed by atoms with Crippen molar-refractivity contribution >= 4 is 0 Å². The molecule has 1 heteroatoms. The molecule has 0 aliphatic carbocycles. The van der Waals surface area contributed by atoms with Crippen molar-refractivity contribution in [1.29, 1.82) is 0 Å². The predicted molar refractivity (Wildman–Crippen MR) is 45.6 cm³/mol. The van der Waals surface area contributed by atoms with Gasteiger partial charge in [-0.2, -0.15) is 0 Å². The standard InChI is InChI=1S/C10H11O/c1-9(2)8-11-10-6-4-3-5-7-10/h3-6H,1,8H2,2H3. The van der Waals surface area contributed by atoms with Crippen LogP contribution < -0.4 is 4.74 Å². The van der Waals surface area contributed by atoms with Crippen LogP contribution in [-0.2, 0) is 0 Å². The summed E-state index contributed by atoms with van der Waals surface area (Å²) in [7, 11) is 0. The van der Waals surface area contributed by atoms with Gasteiger partial charge in [0.15, 0.2) is 0 Å². The second-order valence-corrected chi connectivity index (χ2v) is 2.47. The van der Waals surface area contributed by atoms with E-state index in [0.717, 1.165) is 11.3 Å². The van der Waals surface area contributed by atoms with Gasteiger partial charge < -0.3 is 4.74 Å². The molecule has 0 amide bonds. The van der Waals surface area contributed by atoms with E-state index in [1.165, 1.54) is 0 Å². The van der Waals surface area contributed by atoms with E-state index in [0.29, 0.717) is 6.61 Å². The first-order chi connectivity index (χ1) is 5.29. The van der Waals surface area contributed by atoms with Gasteiger partial charge in [-0.05, 0) is 18.6 Å². The highest BCUT2D eigenvalue weighted by Gasteiger charge is 1.89. The van der Waals surface area contributed by atoms with E-state index in [9.17, 15) is 0 Å². The van der Waals surface area contributed by atoms with Crippen LogP contribution in [0.3, 0.4) is 0 Å². The molecule has 0 bridgehead atoms. The zero-order chi connectivity index (χ0) is 8.10. The molecule has 0 saturated carbocycles. The van der Waals surface area contributed by atoms with Crippen LogP contribution >= 0.6 is 0 Å². The predicted octanol–water partition coefficient (Wildman–Crippen LogP) is 2.44. The van der Waals surface area contributed by atoms with Crippen molar-refractivity contribution in [1.82, 2.24) is 0 Å². The highest BCUT2D eigenvalue weighted by Crippen LogP contribution is 2.07. The highest BCUT2D eigenvalue weighted by molar-refractivity contribution is 5.19. The number of rotatable bonds is 3. The Balaban J connectivity index is 2.45. The van der Waals surface area contributed by atoms with Gasteiger partial charge >= 0.3 is 0 Å². The molecule has 0 aliphatic heterocycles. The van der Waals surface area contributed by atoms with Gasteiger partial charge in [-0.15, -0.1) is 0 Å². The summed E-state index contributed by atoms with van der Waals surface area (Å²) in [4.78, 5) is 0. The summed E-state index contributed by atoms with van der Waals surface area (Å²) >= 11 is 0. The van der Waals surface area contributed by atoms with E-state index in [1.54, 1.807) is 0 Å². The van der Waals surface area contributed by atoms with Crippen LogP contribution in [0.5, 0.6) is 5.75 Å². The molecule has 0 spiro atoms. The molecule has 1 radical (unpaired) electrons. The molecule has 57 valence electrons. The average molecular weight is 147 g/mol. The van der Waals surface area contributed by atoms with Crippen LogP contribution in [0.15, 0.2) is 36.4 Å². The molecule has 0 N–H and O–H groups in total. The van der Waals surface area contributed by atoms with Crippen LogP contribution in [-0.4, -0.2) is 6.61 Å². The lowest BCUT2D eigenvalue weighted by molar-refractivity contribution is 0.352. The lowest BCUT2D eigenvalue weighted by Crippen LogP contribution is -1.96. The third kappa shape index (κ3) is 2.89. The zero-order valence-electron chi connectivity index (χ0n) is 6.63. The van der Waals surface area contributed by atoms with Gasteiger partial charge in [0, 0.05) is 6.07 Å². The second-order valence-electron chi connectivity index (χ2n) is 2.47. The van der Waals surface area contributed by atoms with Gasteiger partial charge in [-0.3, -0.25) is 0 Å². The van der Waals surface area contributed by atoms with E-state index in [1.807, 2.05) is 31.2 Å². The van der Waals surface area contributed by atoms with Crippen molar-refractivity contribution in [2.45, 2.75) is 6.92 Å². The minimum atomic E-state index is 0.570. The summed E-state index contributed by atoms with van der Waals surface area (Å²) in [5.74, 6) is 0.774. The largest absolute Gasteiger partial charge is 0.489 e. The third-order valence-electron chi connectivity index (χ3n) is 1.15. The summed E-state index contributed by atoms with van der Waals surface area (Å²) in [6.07, 6.45) is 0. The maximum absolute atomic E-state index is 5.31. The van der Waals surface area contributed by atoms with Crippen molar-refractivity contribution in [3.05, 3.63) is 42.5 Å². The molecule has 1 aromatic carbocycles. The van der Waals surface area contributed by atoms with Crippen LogP contribution in [0.4, 0.5) is 0 Å². The molecule has 11 heavy (non-hydrogen) atoms. The molecular weight excluding hydrogens is 136 g/mol. The Kier molecular flexibility index (Phi) is 2.73. The van der Waals surface area contributed by atoms with Gasteiger partial charge in [0.25, 0.3) is 0 Å². The summed E-state index contributed by atoms with van der Waals surface area (Å²) in [5, 5.41) is 0. The van der Waals surface area contributed by atoms with Crippen molar-refractivity contribution in [3.8, 4) is 5.75 Å². The maximum Gasteiger partial charge on any atom is 0.127 e. The summed E-state index contributed by atoms with van der Waals surface area (Å²) in [6.45, 7) is 6.23. The monoisotopic (exact) mass is 147 g/mol. The average Bonchev–Trinajstić information content (AvgIpc) is 2.03. The number of hydrogen-bond donors (Lipinski definition) is 0. The maximum atomic E-state index is 5.31. The minimum absolute atomic E-state index is 0.570. The number of benzene rings is 1. The van der Waals surface area contributed by atoms with Gasteiger partial charge in [0.2, 0.25) is 0 Å². The van der Waals surface area contributed by atoms with E-state index in [2.05, 4.69) is 12.6 Å². The minimum Gasteiger partial charge on any atom is -0.489 e. The lowest BCUT2D eigenvalue weighted by Gasteiger charge is -2.03. The van der Waals surface area contributed by atoms with Crippen LogP contribution in [0.1, 0.15) is 6.92 Å². The quantitative estimate of drug-likeness (QED) is 0.597. The van der Waals surface area contributed by atoms with Crippen molar-refractivity contribution in [2.75, 3.05) is 6.61 Å². The third-order valence-corrected chi connectivity index (χ3v) is 1.15. The summed E-state index contributed by atoms with van der Waals surface area (Å²) in [6, 6.07) is 10.5. The van der Waals surface area contributed by atoms with Gasteiger partial charge in [-0.25, -0.2) is 0 Å². The van der Waals surface area contributed by atoms with Crippen molar-refractivity contribution in [2.24, 2.45) is 0 Å². The second kappa shape index (κ2) is 3.81. The zero-order valence-corrected chi connectivity index (χ0v) is 6.63. The summed E-state index contributed by atoms with van der Waals surface area (Å²) in [5.41, 5.74) is 1.02. The number of para-hydroxylation sites is 1. The molecule has 0 heterocycles. The van der Waals surface area contributed by atoms with Crippen molar-refractivity contribution < 1.29 is 4.74 Å². The molecule has 0 fully saturated rings. The van der Waals surface area contributed by atoms with Crippen LogP contribution in [0.25, 0.3) is 0 Å². The SMILES string of the molecule is C=C(C)COc1[c]cccc1. The van der Waals surface area contributed by atoms with Gasteiger partial charge in [0.1, 0.15) is 12.4 Å². The molecule has 1 rings (SSSR count). The van der Waals surface area contributed by atoms with Crippen molar-refractivity contribution in [3.63, 3.8) is 0 Å². The Labute approximate surface area is 67.3 Å². The van der Waals surface area contributed by atoms with E-state index >= 15 is 0 Å². The molecule has 0 aromatic heterocycles. The first kappa shape index (κ1) is 7.86. The molecule has 0 atom stereocenters. The Bertz CT molecular complexity index is 226. The Morgan fingerprint density at radius 2 is 2.45 bits per heavy atom. The first-order valence-electron chi connectivity index (χ1n) is 3.53. The van der Waals surface area contributed by atoms with E-state index in [-0.39, 0.29) is 0 Å². The Hall–Kier alpha value is -1.24. The topological polar surface area (TPSA) is 9.23 Å². The molecule has 1 nitrogen and oxygen atoms in total. The fraction of sp³-hybridized carbons (Fsp3) is 0.200. The molecule has 0 saturated heterocycles. The Morgan fingerprint density at radius 1 is 1.64 bits per heavy atom. The fourth-order valence-corrected chi connectivity index (χ4v) is 0.668. The van der Waals surface area contributed by atoms with Gasteiger partial charge in [0.05, 0.1) is 0 Å². The van der Waals surface area contributed by atoms with E-state index in [4.69, 9.17) is 4.74 Å². The first-order valence-corrected chi connectivity index (χ1v) is 3.53. The summed E-state index contributed by atoms with van der Waals surface area (Å²) < 4.78 is 5.31. The molecule has 0 unspecified atom stereocenters. The molecular formula is C10H11O. The Morgan fingerprint density at radius 3 is 3.00 bits per heavy atom. The number of hydrogen-bond acceptors (Lipinski definition) is 1. The lowest BCUT2D eigenvalue weighted by atomic mass is 10.3. The smallest absolute Gasteiger partial charge is 0.127 e. The highest BCUT2D eigenvalue weighted by atomic mass is 16.5. The van der Waals surface area contributed by atoms with E-state index < -0.39 is 0 Å². The van der Waals surface area contributed by atoms with Crippen LogP contribution in [0.2, 0.25) is 0 Å². The van der Waals surface area contributed by atoms with Crippen LogP contribution in [0, 0.1) is 6.07 Å². The fourth-order valence-electron chi connectivity index (χ4n) is 0.668. The number of ether oxygens (including phenoxy) is 1. The molecule has 0 aliphatic rings.